The third kappa shape index (κ3) is 6.08. The van der Waals surface area contributed by atoms with Crippen LogP contribution in [0.5, 0.6) is 0 Å². The number of carbonyl (C=O) groups is 2. The Morgan fingerprint density at radius 1 is 1.05 bits per heavy atom. The molecule has 4 heterocycles. The van der Waals surface area contributed by atoms with Crippen LogP contribution in [0.2, 0.25) is 5.02 Å². The molecule has 0 aromatic carbocycles. The molecule has 0 radical (unpaired) electrons. The Morgan fingerprint density at radius 3 is 2.45 bits per heavy atom. The van der Waals surface area contributed by atoms with Crippen molar-refractivity contribution in [3.05, 3.63) is 41.4 Å². The minimum atomic E-state index is -3.56. The van der Waals surface area contributed by atoms with Crippen molar-refractivity contribution in [1.82, 2.24) is 14.9 Å². The third-order valence-corrected chi connectivity index (χ3v) is 7.81. The summed E-state index contributed by atoms with van der Waals surface area (Å²) in [5.41, 5.74) is 0.667. The molecule has 0 atom stereocenters. The van der Waals surface area contributed by atoms with Crippen LogP contribution in [0.1, 0.15) is 49.1 Å². The first-order valence-corrected chi connectivity index (χ1v) is 14.8. The molecule has 0 bridgehead atoms. The molecular weight excluding hydrogens is 532 g/mol. The summed E-state index contributed by atoms with van der Waals surface area (Å²) < 4.78 is 31.5. The zero-order valence-corrected chi connectivity index (χ0v) is 22.4. The Bertz CT molecular complexity index is 1440. The van der Waals surface area contributed by atoms with Crippen LogP contribution in [0.3, 0.4) is 0 Å². The molecule has 2 amide bonds. The molecule has 5 rings (SSSR count). The minimum absolute atomic E-state index is 0.129. The summed E-state index contributed by atoms with van der Waals surface area (Å²) >= 11 is 5.88. The van der Waals surface area contributed by atoms with E-state index in [1.54, 1.807) is 6.07 Å². The second-order valence-electron chi connectivity index (χ2n) is 9.80. The zero-order chi connectivity index (χ0) is 26.9. The van der Waals surface area contributed by atoms with E-state index in [4.69, 9.17) is 16.0 Å². The SMILES string of the molecule is CS(=O)(=O)Nc1cnc2c(NC(=O)[C@H]3CC[C@H](N4CCCC4)CC3)c(C(=O)Nc3ccc(Cl)cn3)oc2c1. The van der Waals surface area contributed by atoms with Gasteiger partial charge in [-0.25, -0.2) is 18.4 Å². The molecule has 1 aliphatic carbocycles. The molecule has 202 valence electrons. The van der Waals surface area contributed by atoms with Crippen LogP contribution in [-0.2, 0) is 14.8 Å². The molecule has 1 aliphatic heterocycles. The number of nitrogens with one attached hydrogen (secondary N) is 3. The summed E-state index contributed by atoms with van der Waals surface area (Å²) in [5.74, 6) is -0.974. The van der Waals surface area contributed by atoms with Crippen LogP contribution < -0.4 is 15.4 Å². The second-order valence-corrected chi connectivity index (χ2v) is 12.0. The third-order valence-electron chi connectivity index (χ3n) is 6.98. The van der Waals surface area contributed by atoms with Gasteiger partial charge in [0.25, 0.3) is 5.91 Å². The maximum Gasteiger partial charge on any atom is 0.294 e. The summed E-state index contributed by atoms with van der Waals surface area (Å²) in [5, 5.41) is 5.92. The van der Waals surface area contributed by atoms with Crippen molar-refractivity contribution >= 4 is 61.7 Å². The predicted octanol–water partition coefficient (Wildman–Crippen LogP) is 4.09. The first-order valence-electron chi connectivity index (χ1n) is 12.5. The van der Waals surface area contributed by atoms with E-state index < -0.39 is 15.9 Å². The fraction of sp³-hybridized carbons (Fsp3) is 0.440. The van der Waals surface area contributed by atoms with Crippen molar-refractivity contribution in [2.45, 2.75) is 44.6 Å². The van der Waals surface area contributed by atoms with E-state index in [0.717, 1.165) is 45.0 Å². The van der Waals surface area contributed by atoms with Gasteiger partial charge in [-0.15, -0.1) is 0 Å². The normalized spacial score (nSPS) is 20.4. The molecule has 0 unspecified atom stereocenters. The molecular formula is C25H29ClN6O5S. The molecule has 1 saturated carbocycles. The lowest BCUT2D eigenvalue weighted by atomic mass is 9.85. The molecule has 13 heteroatoms. The lowest BCUT2D eigenvalue weighted by molar-refractivity contribution is -0.121. The molecule has 2 fully saturated rings. The Morgan fingerprint density at radius 2 is 1.79 bits per heavy atom. The summed E-state index contributed by atoms with van der Waals surface area (Å²) in [6.45, 7) is 2.26. The van der Waals surface area contributed by atoms with E-state index in [1.807, 2.05) is 0 Å². The lowest BCUT2D eigenvalue weighted by Gasteiger charge is -2.33. The first kappa shape index (κ1) is 26.4. The number of rotatable bonds is 7. The van der Waals surface area contributed by atoms with Gasteiger partial charge in [0.15, 0.2) is 5.58 Å². The number of hydrogen-bond acceptors (Lipinski definition) is 8. The number of furan rings is 1. The number of anilines is 3. The monoisotopic (exact) mass is 560 g/mol. The van der Waals surface area contributed by atoms with Crippen LogP contribution >= 0.6 is 11.6 Å². The molecule has 1 saturated heterocycles. The number of amides is 2. The average molecular weight is 561 g/mol. The number of hydrogen-bond donors (Lipinski definition) is 3. The van der Waals surface area contributed by atoms with Gasteiger partial charge in [0.2, 0.25) is 21.7 Å². The smallest absolute Gasteiger partial charge is 0.294 e. The number of pyridine rings is 2. The highest BCUT2D eigenvalue weighted by atomic mass is 35.5. The maximum absolute atomic E-state index is 13.3. The summed E-state index contributed by atoms with van der Waals surface area (Å²) in [7, 11) is -3.56. The second kappa shape index (κ2) is 10.9. The predicted molar refractivity (Wildman–Crippen MR) is 145 cm³/mol. The highest BCUT2D eigenvalue weighted by Crippen LogP contribution is 2.34. The van der Waals surface area contributed by atoms with E-state index in [-0.39, 0.29) is 45.9 Å². The number of likely N-dealkylation sites (tertiary alicyclic amines) is 1. The Balaban J connectivity index is 1.39. The minimum Gasteiger partial charge on any atom is -0.447 e. The summed E-state index contributed by atoms with van der Waals surface area (Å²) in [6, 6.07) is 5.05. The Hall–Kier alpha value is -3.22. The largest absolute Gasteiger partial charge is 0.447 e. The Labute approximate surface area is 225 Å². The molecule has 0 spiro atoms. The van der Waals surface area contributed by atoms with Gasteiger partial charge in [0, 0.05) is 24.2 Å². The fourth-order valence-electron chi connectivity index (χ4n) is 5.18. The number of carbonyl (C=O) groups excluding carboxylic acids is 2. The van der Waals surface area contributed by atoms with Gasteiger partial charge in [0.05, 0.1) is 23.2 Å². The van der Waals surface area contributed by atoms with Gasteiger partial charge in [-0.2, -0.15) is 0 Å². The molecule has 3 aromatic heterocycles. The standard InChI is InChI=1S/C25H29ClN6O5S/c1-38(35,36)31-17-12-19-21(28-14-17)22(23(37-19)25(34)29-20-9-6-16(26)13-27-20)30-24(33)15-4-7-18(8-5-15)32-10-2-3-11-32/h6,9,12-15,18,31H,2-5,7-8,10-11H2,1H3,(H,30,33)(H,27,29,34)/t15-,18-. The maximum atomic E-state index is 13.3. The van der Waals surface area contributed by atoms with Gasteiger partial charge < -0.3 is 20.0 Å². The zero-order valence-electron chi connectivity index (χ0n) is 20.9. The topological polar surface area (TPSA) is 147 Å². The quantitative estimate of drug-likeness (QED) is 0.391. The first-order chi connectivity index (χ1) is 18.2. The van der Waals surface area contributed by atoms with Crippen molar-refractivity contribution in [1.29, 1.82) is 0 Å². The van der Waals surface area contributed by atoms with Crippen LogP contribution in [0, 0.1) is 5.92 Å². The van der Waals surface area contributed by atoms with E-state index in [1.165, 1.54) is 37.4 Å². The van der Waals surface area contributed by atoms with Crippen LogP contribution in [0.15, 0.2) is 35.0 Å². The average Bonchev–Trinajstić information content (AvgIpc) is 3.53. The van der Waals surface area contributed by atoms with Crippen LogP contribution in [-0.4, -0.2) is 60.5 Å². The summed E-state index contributed by atoms with van der Waals surface area (Å²) in [6.07, 6.45) is 9.61. The highest BCUT2D eigenvalue weighted by molar-refractivity contribution is 7.92. The molecule has 11 nitrogen and oxygen atoms in total. The molecule has 38 heavy (non-hydrogen) atoms. The molecule has 3 N–H and O–H groups in total. The van der Waals surface area contributed by atoms with Gasteiger partial charge in [-0.1, -0.05) is 11.6 Å². The van der Waals surface area contributed by atoms with Crippen LogP contribution in [0.4, 0.5) is 17.2 Å². The van der Waals surface area contributed by atoms with Gasteiger partial charge in [-0.3, -0.25) is 14.3 Å². The van der Waals surface area contributed by atoms with Crippen molar-refractivity contribution in [3.8, 4) is 0 Å². The lowest BCUT2D eigenvalue weighted by Crippen LogP contribution is -2.38. The van der Waals surface area contributed by atoms with E-state index in [2.05, 4.69) is 30.2 Å². The van der Waals surface area contributed by atoms with Gasteiger partial charge in [0.1, 0.15) is 17.0 Å². The van der Waals surface area contributed by atoms with Crippen LogP contribution in [0.25, 0.3) is 11.1 Å². The van der Waals surface area contributed by atoms with Crippen molar-refractivity contribution in [2.24, 2.45) is 5.92 Å². The van der Waals surface area contributed by atoms with Crippen molar-refractivity contribution < 1.29 is 22.4 Å². The van der Waals surface area contributed by atoms with E-state index >= 15 is 0 Å². The van der Waals surface area contributed by atoms with E-state index in [9.17, 15) is 18.0 Å². The van der Waals surface area contributed by atoms with E-state index in [0.29, 0.717) is 11.1 Å². The number of aromatic nitrogens is 2. The molecule has 2 aliphatic rings. The number of nitrogens with zero attached hydrogens (tertiary/aromatic N) is 3. The summed E-state index contributed by atoms with van der Waals surface area (Å²) in [4.78, 5) is 37.4. The molecule has 3 aromatic rings. The number of sulfonamides is 1. The number of halogens is 1. The van der Waals surface area contributed by atoms with Crippen molar-refractivity contribution in [3.63, 3.8) is 0 Å². The Kier molecular flexibility index (Phi) is 7.55. The van der Waals surface area contributed by atoms with Gasteiger partial charge >= 0.3 is 0 Å². The van der Waals surface area contributed by atoms with Gasteiger partial charge in [-0.05, 0) is 63.7 Å². The fourth-order valence-corrected chi connectivity index (χ4v) is 5.83. The van der Waals surface area contributed by atoms with Crippen molar-refractivity contribution in [2.75, 3.05) is 34.7 Å². The number of fused-ring (bicyclic) bond motifs is 1. The highest BCUT2D eigenvalue weighted by Gasteiger charge is 2.32.